The molecule has 0 spiro atoms. The Bertz CT molecular complexity index is 1250. The van der Waals surface area contributed by atoms with Crippen molar-refractivity contribution >= 4 is 28.0 Å². The molecule has 154 valence electrons. The molecular formula is C25H22N4O2. The molecule has 0 atom stereocenters. The van der Waals surface area contributed by atoms with Crippen molar-refractivity contribution in [3.8, 4) is 0 Å². The molecule has 4 aromatic carbocycles. The van der Waals surface area contributed by atoms with Gasteiger partial charge in [-0.05, 0) is 34.0 Å². The number of nitrogens with zero attached hydrogens (tertiary/aromatic N) is 2. The predicted octanol–water partition coefficient (Wildman–Crippen LogP) is 5.27. The fraction of sp³-hybridized carbons (Fsp3) is 0.0800. The molecule has 0 saturated heterocycles. The molecule has 6 heteroatoms. The number of anilines is 1. The maximum atomic E-state index is 11.7. The van der Waals surface area contributed by atoms with Gasteiger partial charge in [0.05, 0.1) is 11.5 Å². The van der Waals surface area contributed by atoms with Gasteiger partial charge < -0.3 is 11.1 Å². The van der Waals surface area contributed by atoms with E-state index in [0.717, 1.165) is 21.9 Å². The lowest BCUT2D eigenvalue weighted by Crippen LogP contribution is -2.14. The molecule has 0 heterocycles. The number of hydrogen-bond donors (Lipinski definition) is 2. The Hall–Kier alpha value is -4.19. The molecule has 0 aliphatic heterocycles. The molecule has 0 radical (unpaired) electrons. The first-order valence-corrected chi connectivity index (χ1v) is 9.95. The van der Waals surface area contributed by atoms with Crippen molar-refractivity contribution in [2.75, 3.05) is 5.32 Å². The van der Waals surface area contributed by atoms with E-state index in [9.17, 15) is 10.1 Å². The van der Waals surface area contributed by atoms with E-state index in [-0.39, 0.29) is 11.5 Å². The molecule has 0 unspecified atom stereocenters. The van der Waals surface area contributed by atoms with E-state index in [2.05, 4.69) is 10.3 Å². The van der Waals surface area contributed by atoms with Crippen LogP contribution in [0.15, 0.2) is 96.0 Å². The maximum Gasteiger partial charge on any atom is 0.293 e. The van der Waals surface area contributed by atoms with E-state index < -0.39 is 4.92 Å². The van der Waals surface area contributed by atoms with Crippen LogP contribution in [-0.2, 0) is 13.1 Å². The van der Waals surface area contributed by atoms with Gasteiger partial charge in [-0.3, -0.25) is 15.1 Å². The van der Waals surface area contributed by atoms with Crippen LogP contribution in [-0.4, -0.2) is 10.8 Å². The molecule has 3 N–H and O–H groups in total. The first-order valence-electron chi connectivity index (χ1n) is 9.95. The summed E-state index contributed by atoms with van der Waals surface area (Å²) in [6.07, 6.45) is 0. The van der Waals surface area contributed by atoms with Crippen LogP contribution in [0, 0.1) is 10.1 Å². The molecule has 4 rings (SSSR count). The number of aliphatic imine (C=N–C) groups is 1. The second-order valence-corrected chi connectivity index (χ2v) is 7.17. The fourth-order valence-electron chi connectivity index (χ4n) is 3.48. The van der Waals surface area contributed by atoms with E-state index >= 15 is 0 Å². The molecule has 0 aliphatic rings. The highest BCUT2D eigenvalue weighted by Gasteiger charge is 2.16. The molecule has 31 heavy (non-hydrogen) atoms. The van der Waals surface area contributed by atoms with Gasteiger partial charge >= 0.3 is 0 Å². The first-order chi connectivity index (χ1) is 15.1. The highest BCUT2D eigenvalue weighted by Crippen LogP contribution is 2.27. The average molecular weight is 410 g/mol. The third-order valence-corrected chi connectivity index (χ3v) is 5.11. The Morgan fingerprint density at radius 2 is 1.68 bits per heavy atom. The number of nitro groups is 1. The zero-order valence-corrected chi connectivity index (χ0v) is 16.9. The Morgan fingerprint density at radius 1 is 0.935 bits per heavy atom. The molecule has 4 aromatic rings. The van der Waals surface area contributed by atoms with Crippen molar-refractivity contribution in [1.29, 1.82) is 0 Å². The Balaban J connectivity index is 1.55. The monoisotopic (exact) mass is 410 g/mol. The summed E-state index contributed by atoms with van der Waals surface area (Å²) in [6.45, 7) is 0.890. The number of nitrogens with one attached hydrogen (secondary N) is 1. The minimum atomic E-state index is -0.403. The predicted molar refractivity (Wildman–Crippen MR) is 125 cm³/mol. The standard InChI is InChI=1S/C25H22N4O2/c26-25(28-16-18-7-2-1-3-8-18)20-13-14-23(24(15-20)29(30)31)27-17-21-11-6-10-19-9-4-5-12-22(19)21/h1-15,27H,16-17H2,(H2,26,28). The molecule has 0 aliphatic carbocycles. The Labute approximate surface area is 180 Å². The van der Waals surface area contributed by atoms with Crippen molar-refractivity contribution in [2.24, 2.45) is 10.7 Å². The van der Waals surface area contributed by atoms with E-state index in [1.54, 1.807) is 12.1 Å². The lowest BCUT2D eigenvalue weighted by Gasteiger charge is -2.11. The number of hydrogen-bond acceptors (Lipinski definition) is 4. The van der Waals surface area contributed by atoms with Crippen molar-refractivity contribution in [1.82, 2.24) is 0 Å². The summed E-state index contributed by atoms with van der Waals surface area (Å²) in [6, 6.07) is 28.8. The van der Waals surface area contributed by atoms with E-state index in [1.807, 2.05) is 72.8 Å². The van der Waals surface area contributed by atoms with Crippen molar-refractivity contribution in [3.05, 3.63) is 118 Å². The fourth-order valence-corrected chi connectivity index (χ4v) is 3.48. The van der Waals surface area contributed by atoms with Gasteiger partial charge in [0.1, 0.15) is 11.5 Å². The topological polar surface area (TPSA) is 93.5 Å². The van der Waals surface area contributed by atoms with Crippen LogP contribution in [0.2, 0.25) is 0 Å². The van der Waals surface area contributed by atoms with Gasteiger partial charge in [0, 0.05) is 18.2 Å². The number of amidine groups is 1. The minimum Gasteiger partial charge on any atom is -0.383 e. The lowest BCUT2D eigenvalue weighted by molar-refractivity contribution is -0.384. The van der Waals surface area contributed by atoms with Gasteiger partial charge in [-0.15, -0.1) is 0 Å². The summed E-state index contributed by atoms with van der Waals surface area (Å²) in [7, 11) is 0. The zero-order chi connectivity index (χ0) is 21.6. The van der Waals surface area contributed by atoms with Gasteiger partial charge in [0.25, 0.3) is 5.69 Å². The third-order valence-electron chi connectivity index (χ3n) is 5.11. The molecule has 0 saturated carbocycles. The normalized spacial score (nSPS) is 11.4. The molecule has 0 bridgehead atoms. The molecular weight excluding hydrogens is 388 g/mol. The van der Waals surface area contributed by atoms with Crippen LogP contribution in [0.3, 0.4) is 0 Å². The van der Waals surface area contributed by atoms with Crippen LogP contribution >= 0.6 is 0 Å². The summed E-state index contributed by atoms with van der Waals surface area (Å²) < 4.78 is 0. The van der Waals surface area contributed by atoms with E-state index in [4.69, 9.17) is 5.73 Å². The molecule has 0 aromatic heterocycles. The van der Waals surface area contributed by atoms with Gasteiger partial charge in [-0.2, -0.15) is 0 Å². The Morgan fingerprint density at radius 3 is 2.48 bits per heavy atom. The quantitative estimate of drug-likeness (QED) is 0.188. The van der Waals surface area contributed by atoms with Crippen LogP contribution in [0.4, 0.5) is 11.4 Å². The third kappa shape index (κ3) is 4.70. The van der Waals surface area contributed by atoms with Crippen molar-refractivity contribution < 1.29 is 4.92 Å². The van der Waals surface area contributed by atoms with Gasteiger partial charge in [-0.1, -0.05) is 72.8 Å². The minimum absolute atomic E-state index is 0.0319. The molecule has 0 amide bonds. The SMILES string of the molecule is NC(=NCc1ccccc1)c1ccc(NCc2cccc3ccccc23)c([N+](=O)[O-])c1. The first kappa shape index (κ1) is 20.1. The van der Waals surface area contributed by atoms with Crippen LogP contribution in [0.5, 0.6) is 0 Å². The van der Waals surface area contributed by atoms with E-state index in [0.29, 0.717) is 24.3 Å². The Kier molecular flexibility index (Phi) is 5.89. The van der Waals surface area contributed by atoms with Gasteiger partial charge in [0.2, 0.25) is 0 Å². The van der Waals surface area contributed by atoms with E-state index in [1.165, 1.54) is 6.07 Å². The number of fused-ring (bicyclic) bond motifs is 1. The second kappa shape index (κ2) is 9.09. The number of nitrogens with two attached hydrogens (primary N) is 1. The van der Waals surface area contributed by atoms with Crippen LogP contribution in [0.25, 0.3) is 10.8 Å². The summed E-state index contributed by atoms with van der Waals surface area (Å²) in [5, 5.41) is 17.1. The summed E-state index contributed by atoms with van der Waals surface area (Å²) in [4.78, 5) is 15.7. The van der Waals surface area contributed by atoms with Crippen LogP contribution < -0.4 is 11.1 Å². The number of nitro benzene ring substituents is 1. The summed E-state index contributed by atoms with van der Waals surface area (Å²) in [5.74, 6) is 0.271. The number of rotatable bonds is 7. The maximum absolute atomic E-state index is 11.7. The van der Waals surface area contributed by atoms with Crippen molar-refractivity contribution in [2.45, 2.75) is 13.1 Å². The molecule has 0 fully saturated rings. The van der Waals surface area contributed by atoms with Crippen molar-refractivity contribution in [3.63, 3.8) is 0 Å². The lowest BCUT2D eigenvalue weighted by atomic mass is 10.0. The second-order valence-electron chi connectivity index (χ2n) is 7.17. The molecule has 6 nitrogen and oxygen atoms in total. The van der Waals surface area contributed by atoms with Gasteiger partial charge in [0.15, 0.2) is 0 Å². The van der Waals surface area contributed by atoms with Gasteiger partial charge in [-0.25, -0.2) is 0 Å². The average Bonchev–Trinajstić information content (AvgIpc) is 2.81. The smallest absolute Gasteiger partial charge is 0.293 e. The highest BCUT2D eigenvalue weighted by molar-refractivity contribution is 5.98. The summed E-state index contributed by atoms with van der Waals surface area (Å²) >= 11 is 0. The van der Waals surface area contributed by atoms with Crippen LogP contribution in [0.1, 0.15) is 16.7 Å². The summed E-state index contributed by atoms with van der Waals surface area (Å²) in [5.41, 5.74) is 9.12. The largest absolute Gasteiger partial charge is 0.383 e. The highest BCUT2D eigenvalue weighted by atomic mass is 16.6. The zero-order valence-electron chi connectivity index (χ0n) is 16.9. The number of benzene rings is 4.